The minimum Gasteiger partial charge on any atom is -0.392 e. The van der Waals surface area contributed by atoms with Crippen LogP contribution in [0.5, 0.6) is 0 Å². The van der Waals surface area contributed by atoms with Crippen molar-refractivity contribution in [3.05, 3.63) is 0 Å². The minimum absolute atomic E-state index is 0.0486. The van der Waals surface area contributed by atoms with Crippen LogP contribution < -0.4 is 5.32 Å². The summed E-state index contributed by atoms with van der Waals surface area (Å²) in [6.45, 7) is 4.34. The number of fused-ring (bicyclic) bond motifs is 1. The van der Waals surface area contributed by atoms with Gasteiger partial charge in [0.25, 0.3) is 0 Å². The van der Waals surface area contributed by atoms with Crippen LogP contribution in [0.3, 0.4) is 0 Å². The summed E-state index contributed by atoms with van der Waals surface area (Å²) in [6, 6.07) is 0. The van der Waals surface area contributed by atoms with Crippen LogP contribution in [0.15, 0.2) is 0 Å². The Labute approximate surface area is 61.6 Å². The third kappa shape index (κ3) is 0.663. The Balaban J connectivity index is 2.21. The first-order valence-electron chi connectivity index (χ1n) is 4.12. The highest BCUT2D eigenvalue weighted by Crippen LogP contribution is 2.45. The second-order valence-electron chi connectivity index (χ2n) is 3.93. The number of rotatable bonds is 0. The van der Waals surface area contributed by atoms with Crippen LogP contribution in [0.1, 0.15) is 19.8 Å². The molecule has 1 saturated heterocycles. The smallest absolute Gasteiger partial charge is 0.0609 e. The van der Waals surface area contributed by atoms with E-state index in [0.717, 1.165) is 25.4 Å². The molecule has 0 spiro atoms. The minimum atomic E-state index is -0.0486. The van der Waals surface area contributed by atoms with Gasteiger partial charge in [-0.15, -0.1) is 0 Å². The topological polar surface area (TPSA) is 32.3 Å². The van der Waals surface area contributed by atoms with Crippen molar-refractivity contribution in [3.8, 4) is 0 Å². The van der Waals surface area contributed by atoms with Crippen molar-refractivity contribution in [1.29, 1.82) is 0 Å². The fourth-order valence-electron chi connectivity index (χ4n) is 2.40. The molecule has 2 aliphatic rings. The van der Waals surface area contributed by atoms with Crippen molar-refractivity contribution >= 4 is 0 Å². The van der Waals surface area contributed by atoms with E-state index in [-0.39, 0.29) is 11.5 Å². The summed E-state index contributed by atoms with van der Waals surface area (Å²) < 4.78 is 0. The number of hydrogen-bond acceptors (Lipinski definition) is 2. The standard InChI is InChI=1S/C8H15NO/c1-8-5-9-4-6(8)2-3-7(8)10/h6-7,9-10H,2-5H2,1H3. The monoisotopic (exact) mass is 141 g/mol. The highest BCUT2D eigenvalue weighted by atomic mass is 16.3. The first-order valence-corrected chi connectivity index (χ1v) is 4.12. The molecule has 1 heterocycles. The van der Waals surface area contributed by atoms with Crippen LogP contribution in [0.4, 0.5) is 0 Å². The Bertz CT molecular complexity index is 148. The zero-order valence-electron chi connectivity index (χ0n) is 6.43. The van der Waals surface area contributed by atoms with Crippen molar-refractivity contribution in [3.63, 3.8) is 0 Å². The van der Waals surface area contributed by atoms with Gasteiger partial charge in [0.1, 0.15) is 0 Å². The third-order valence-electron chi connectivity index (χ3n) is 3.38. The normalized spacial score (nSPS) is 53.4. The molecule has 0 aromatic carbocycles. The first kappa shape index (κ1) is 6.62. The van der Waals surface area contributed by atoms with Gasteiger partial charge in [0.15, 0.2) is 0 Å². The van der Waals surface area contributed by atoms with E-state index in [9.17, 15) is 5.11 Å². The van der Waals surface area contributed by atoms with E-state index >= 15 is 0 Å². The van der Waals surface area contributed by atoms with Gasteiger partial charge < -0.3 is 10.4 Å². The Morgan fingerprint density at radius 3 is 3.00 bits per heavy atom. The Morgan fingerprint density at radius 1 is 1.50 bits per heavy atom. The van der Waals surface area contributed by atoms with Gasteiger partial charge in [-0.3, -0.25) is 0 Å². The second-order valence-corrected chi connectivity index (χ2v) is 3.93. The number of aliphatic hydroxyl groups is 1. The molecular formula is C8H15NO. The van der Waals surface area contributed by atoms with E-state index in [1.165, 1.54) is 6.42 Å². The molecule has 0 aromatic rings. The molecular weight excluding hydrogens is 126 g/mol. The van der Waals surface area contributed by atoms with Crippen molar-refractivity contribution in [2.75, 3.05) is 13.1 Å². The van der Waals surface area contributed by atoms with Crippen LogP contribution in [0, 0.1) is 11.3 Å². The van der Waals surface area contributed by atoms with Gasteiger partial charge in [0, 0.05) is 12.0 Å². The van der Waals surface area contributed by atoms with Crippen LogP contribution in [0.2, 0.25) is 0 Å². The second kappa shape index (κ2) is 1.95. The molecule has 2 rings (SSSR count). The molecule has 2 nitrogen and oxygen atoms in total. The highest BCUT2D eigenvalue weighted by molar-refractivity contribution is 5.01. The Hall–Kier alpha value is -0.0800. The van der Waals surface area contributed by atoms with Gasteiger partial charge in [-0.1, -0.05) is 6.92 Å². The van der Waals surface area contributed by atoms with E-state index in [1.807, 2.05) is 0 Å². The molecule has 0 aromatic heterocycles. The van der Waals surface area contributed by atoms with Gasteiger partial charge in [0.2, 0.25) is 0 Å². The molecule has 2 N–H and O–H groups in total. The van der Waals surface area contributed by atoms with Gasteiger partial charge in [-0.25, -0.2) is 0 Å². The maximum Gasteiger partial charge on any atom is 0.0609 e. The molecule has 1 aliphatic heterocycles. The zero-order chi connectivity index (χ0) is 7.19. The average molecular weight is 141 g/mol. The summed E-state index contributed by atoms with van der Waals surface area (Å²) >= 11 is 0. The largest absolute Gasteiger partial charge is 0.392 e. The molecule has 1 saturated carbocycles. The Morgan fingerprint density at radius 2 is 2.30 bits per heavy atom. The van der Waals surface area contributed by atoms with Gasteiger partial charge in [0.05, 0.1) is 6.10 Å². The highest BCUT2D eigenvalue weighted by Gasteiger charge is 2.48. The SMILES string of the molecule is CC12CNCC1CCC2O. The summed E-state index contributed by atoms with van der Waals surface area (Å²) in [6.07, 6.45) is 2.18. The summed E-state index contributed by atoms with van der Waals surface area (Å²) in [7, 11) is 0. The molecule has 0 bridgehead atoms. The summed E-state index contributed by atoms with van der Waals surface area (Å²) in [5.41, 5.74) is 0.208. The zero-order valence-corrected chi connectivity index (χ0v) is 6.43. The van der Waals surface area contributed by atoms with Crippen molar-refractivity contribution < 1.29 is 5.11 Å². The van der Waals surface area contributed by atoms with E-state index in [1.54, 1.807) is 0 Å². The first-order chi connectivity index (χ1) is 4.73. The average Bonchev–Trinajstić information content (AvgIpc) is 2.36. The summed E-state index contributed by atoms with van der Waals surface area (Å²) in [5, 5.41) is 13.0. The lowest BCUT2D eigenvalue weighted by Crippen LogP contribution is -2.32. The fourth-order valence-corrected chi connectivity index (χ4v) is 2.40. The predicted molar refractivity (Wildman–Crippen MR) is 39.7 cm³/mol. The molecule has 2 fully saturated rings. The van der Waals surface area contributed by atoms with Crippen molar-refractivity contribution in [2.24, 2.45) is 11.3 Å². The van der Waals surface area contributed by atoms with E-state index in [2.05, 4.69) is 12.2 Å². The lowest BCUT2D eigenvalue weighted by Gasteiger charge is -2.26. The van der Waals surface area contributed by atoms with Gasteiger partial charge >= 0.3 is 0 Å². The number of hydrogen-bond donors (Lipinski definition) is 2. The summed E-state index contributed by atoms with van der Waals surface area (Å²) in [5.74, 6) is 0.738. The maximum absolute atomic E-state index is 9.62. The molecule has 3 atom stereocenters. The van der Waals surface area contributed by atoms with Crippen LogP contribution in [-0.2, 0) is 0 Å². The van der Waals surface area contributed by atoms with Gasteiger partial charge in [-0.2, -0.15) is 0 Å². The molecule has 3 unspecified atom stereocenters. The maximum atomic E-state index is 9.62. The molecule has 2 heteroatoms. The van der Waals surface area contributed by atoms with Crippen LogP contribution in [0.25, 0.3) is 0 Å². The third-order valence-corrected chi connectivity index (χ3v) is 3.38. The molecule has 58 valence electrons. The molecule has 0 radical (unpaired) electrons. The molecule has 0 amide bonds. The number of nitrogens with one attached hydrogen (secondary N) is 1. The number of aliphatic hydroxyl groups excluding tert-OH is 1. The summed E-state index contributed by atoms with van der Waals surface area (Å²) in [4.78, 5) is 0. The molecule has 10 heavy (non-hydrogen) atoms. The Kier molecular flexibility index (Phi) is 1.29. The van der Waals surface area contributed by atoms with Gasteiger partial charge in [-0.05, 0) is 25.3 Å². The van der Waals surface area contributed by atoms with E-state index in [4.69, 9.17) is 0 Å². The van der Waals surface area contributed by atoms with Crippen molar-refractivity contribution in [1.82, 2.24) is 5.32 Å². The van der Waals surface area contributed by atoms with Crippen LogP contribution >= 0.6 is 0 Å². The lowest BCUT2D eigenvalue weighted by molar-refractivity contribution is 0.0641. The van der Waals surface area contributed by atoms with E-state index in [0.29, 0.717) is 0 Å². The quantitative estimate of drug-likeness (QED) is 0.510. The van der Waals surface area contributed by atoms with Crippen LogP contribution in [-0.4, -0.2) is 24.3 Å². The van der Waals surface area contributed by atoms with E-state index < -0.39 is 0 Å². The fraction of sp³-hybridized carbons (Fsp3) is 1.00. The van der Waals surface area contributed by atoms with Crippen molar-refractivity contribution in [2.45, 2.75) is 25.9 Å². The predicted octanol–water partition coefficient (Wildman–Crippen LogP) is 0.367. The molecule has 1 aliphatic carbocycles. The lowest BCUT2D eigenvalue weighted by atomic mass is 9.81.